The van der Waals surface area contributed by atoms with E-state index in [-0.39, 0.29) is 23.7 Å². The van der Waals surface area contributed by atoms with Gasteiger partial charge in [-0.25, -0.2) is 4.98 Å². The number of aromatic nitrogens is 1. The van der Waals surface area contributed by atoms with Crippen LogP contribution in [0.2, 0.25) is 0 Å². The maximum Gasteiger partial charge on any atom is 0.263 e. The molecule has 0 radical (unpaired) electrons. The van der Waals surface area contributed by atoms with E-state index in [1.165, 1.54) is 24.2 Å². The molecule has 0 spiro atoms. The lowest BCUT2D eigenvalue weighted by Crippen LogP contribution is -2.52. The molecule has 2 heterocycles. The van der Waals surface area contributed by atoms with Crippen LogP contribution in [0.1, 0.15) is 41.4 Å². The van der Waals surface area contributed by atoms with Crippen LogP contribution in [0.5, 0.6) is 0 Å². The average molecular weight is 304 g/mol. The van der Waals surface area contributed by atoms with Crippen LogP contribution in [0.25, 0.3) is 0 Å². The minimum Gasteiger partial charge on any atom is -0.350 e. The van der Waals surface area contributed by atoms with E-state index in [4.69, 9.17) is 0 Å². The molecular weight excluding hydrogens is 282 g/mol. The second-order valence-electron chi connectivity index (χ2n) is 5.55. The molecule has 1 atom stereocenters. The molecule has 1 amide bonds. The number of thiazole rings is 1. The Morgan fingerprint density at radius 3 is 2.95 bits per heavy atom. The van der Waals surface area contributed by atoms with Crippen LogP contribution in [0.15, 0.2) is 6.20 Å². The van der Waals surface area contributed by atoms with E-state index < -0.39 is 0 Å². The first kappa shape index (κ1) is 16.4. The molecule has 6 heteroatoms. The standard InChI is InChI=1S/C13H21N3OS.ClH/c1-9-15-7-10(18-9)12(17)16-8-11-13(2,3)5-4-6-14-11;/h7,11,14H,4-6,8H2,1-3H3,(H,16,17);1H. The highest BCUT2D eigenvalue weighted by atomic mass is 35.5. The summed E-state index contributed by atoms with van der Waals surface area (Å²) in [5.41, 5.74) is 0.245. The van der Waals surface area contributed by atoms with Crippen LogP contribution in [-0.4, -0.2) is 30.0 Å². The Labute approximate surface area is 124 Å². The van der Waals surface area contributed by atoms with Gasteiger partial charge in [-0.1, -0.05) is 13.8 Å². The molecule has 0 bridgehead atoms. The number of aryl methyl sites for hydroxylation is 1. The number of carbonyl (C=O) groups excluding carboxylic acids is 1. The summed E-state index contributed by atoms with van der Waals surface area (Å²) in [6.45, 7) is 8.15. The summed E-state index contributed by atoms with van der Waals surface area (Å²) in [5.74, 6) is -0.0104. The third kappa shape index (κ3) is 4.16. The number of carbonyl (C=O) groups is 1. The number of piperidine rings is 1. The Morgan fingerprint density at radius 2 is 2.37 bits per heavy atom. The molecule has 19 heavy (non-hydrogen) atoms. The molecule has 0 saturated carbocycles. The maximum absolute atomic E-state index is 11.9. The van der Waals surface area contributed by atoms with Crippen molar-refractivity contribution in [1.29, 1.82) is 0 Å². The lowest BCUT2D eigenvalue weighted by molar-refractivity contribution is 0.0932. The fourth-order valence-corrected chi connectivity index (χ4v) is 3.06. The number of rotatable bonds is 3. The van der Waals surface area contributed by atoms with E-state index in [1.807, 2.05) is 6.92 Å². The Balaban J connectivity index is 0.00000180. The van der Waals surface area contributed by atoms with Crippen LogP contribution in [-0.2, 0) is 0 Å². The quantitative estimate of drug-likeness (QED) is 0.901. The van der Waals surface area contributed by atoms with Crippen LogP contribution in [0, 0.1) is 12.3 Å². The average Bonchev–Trinajstić information content (AvgIpc) is 2.73. The fraction of sp³-hybridized carbons (Fsp3) is 0.692. The molecule has 1 saturated heterocycles. The van der Waals surface area contributed by atoms with Crippen molar-refractivity contribution in [2.75, 3.05) is 13.1 Å². The van der Waals surface area contributed by atoms with Crippen molar-refractivity contribution in [2.45, 2.75) is 39.7 Å². The van der Waals surface area contributed by atoms with Gasteiger partial charge in [0.1, 0.15) is 4.88 Å². The van der Waals surface area contributed by atoms with E-state index in [2.05, 4.69) is 29.5 Å². The van der Waals surface area contributed by atoms with Crippen LogP contribution in [0.3, 0.4) is 0 Å². The SMILES string of the molecule is Cc1ncc(C(=O)NCC2NCCCC2(C)C)s1.Cl. The summed E-state index contributed by atoms with van der Waals surface area (Å²) in [7, 11) is 0. The van der Waals surface area contributed by atoms with Gasteiger partial charge < -0.3 is 10.6 Å². The monoisotopic (exact) mass is 303 g/mol. The van der Waals surface area contributed by atoms with Crippen LogP contribution < -0.4 is 10.6 Å². The van der Waals surface area contributed by atoms with Crippen molar-refractivity contribution < 1.29 is 4.79 Å². The van der Waals surface area contributed by atoms with Crippen molar-refractivity contribution in [2.24, 2.45) is 5.41 Å². The first-order chi connectivity index (χ1) is 8.49. The zero-order valence-electron chi connectivity index (χ0n) is 11.7. The molecule has 0 aromatic carbocycles. The zero-order chi connectivity index (χ0) is 13.2. The van der Waals surface area contributed by atoms with Gasteiger partial charge in [0.05, 0.1) is 11.2 Å². The molecule has 2 rings (SSSR count). The Kier molecular flexibility index (Phi) is 5.77. The third-order valence-electron chi connectivity index (χ3n) is 3.64. The minimum atomic E-state index is -0.0104. The normalized spacial score (nSPS) is 21.5. The van der Waals surface area contributed by atoms with Gasteiger partial charge >= 0.3 is 0 Å². The third-order valence-corrected chi connectivity index (χ3v) is 4.56. The molecule has 2 N–H and O–H groups in total. The number of hydrogen-bond donors (Lipinski definition) is 2. The van der Waals surface area contributed by atoms with Gasteiger partial charge in [-0.15, -0.1) is 23.7 Å². The highest BCUT2D eigenvalue weighted by molar-refractivity contribution is 7.13. The molecule has 1 aromatic rings. The Morgan fingerprint density at radius 1 is 1.63 bits per heavy atom. The summed E-state index contributed by atoms with van der Waals surface area (Å²) in [5, 5.41) is 7.43. The van der Waals surface area contributed by atoms with E-state index in [9.17, 15) is 4.79 Å². The van der Waals surface area contributed by atoms with E-state index in [1.54, 1.807) is 6.20 Å². The molecule has 4 nitrogen and oxygen atoms in total. The molecule has 0 aliphatic carbocycles. The van der Waals surface area contributed by atoms with E-state index in [0.717, 1.165) is 11.6 Å². The second-order valence-corrected chi connectivity index (χ2v) is 6.79. The Hall–Kier alpha value is -0.650. The van der Waals surface area contributed by atoms with Gasteiger partial charge in [-0.2, -0.15) is 0 Å². The van der Waals surface area contributed by atoms with Gasteiger partial charge in [-0.05, 0) is 31.7 Å². The molecule has 1 aliphatic heterocycles. The molecule has 1 aliphatic rings. The minimum absolute atomic E-state index is 0. The first-order valence-corrected chi connectivity index (χ1v) is 7.25. The number of halogens is 1. The summed E-state index contributed by atoms with van der Waals surface area (Å²) in [6.07, 6.45) is 4.07. The van der Waals surface area contributed by atoms with Gasteiger partial charge in [0.15, 0.2) is 0 Å². The highest BCUT2D eigenvalue weighted by Gasteiger charge is 2.32. The predicted octanol–water partition coefficient (Wildman–Crippen LogP) is 2.38. The lowest BCUT2D eigenvalue weighted by Gasteiger charge is -2.39. The van der Waals surface area contributed by atoms with Gasteiger partial charge in [0.2, 0.25) is 0 Å². The topological polar surface area (TPSA) is 54.0 Å². The molecule has 1 aromatic heterocycles. The molecule has 108 valence electrons. The second kappa shape index (κ2) is 6.68. The fourth-order valence-electron chi connectivity index (χ4n) is 2.37. The molecule has 1 fully saturated rings. The number of hydrogen-bond acceptors (Lipinski definition) is 4. The number of amides is 1. The first-order valence-electron chi connectivity index (χ1n) is 6.43. The van der Waals surface area contributed by atoms with Gasteiger partial charge in [-0.3, -0.25) is 4.79 Å². The van der Waals surface area contributed by atoms with Crippen molar-refractivity contribution >= 4 is 29.7 Å². The molecular formula is C13H22ClN3OS. The van der Waals surface area contributed by atoms with Crippen LogP contribution in [0.4, 0.5) is 0 Å². The zero-order valence-corrected chi connectivity index (χ0v) is 13.3. The van der Waals surface area contributed by atoms with Gasteiger partial charge in [0.25, 0.3) is 5.91 Å². The van der Waals surface area contributed by atoms with Crippen molar-refractivity contribution in [3.8, 4) is 0 Å². The van der Waals surface area contributed by atoms with Crippen LogP contribution >= 0.6 is 23.7 Å². The molecule has 1 unspecified atom stereocenters. The predicted molar refractivity (Wildman–Crippen MR) is 81.2 cm³/mol. The van der Waals surface area contributed by atoms with Crippen molar-refractivity contribution in [1.82, 2.24) is 15.6 Å². The van der Waals surface area contributed by atoms with Crippen molar-refractivity contribution in [3.05, 3.63) is 16.1 Å². The van der Waals surface area contributed by atoms with E-state index in [0.29, 0.717) is 17.5 Å². The highest BCUT2D eigenvalue weighted by Crippen LogP contribution is 2.29. The van der Waals surface area contributed by atoms with Gasteiger partial charge in [0, 0.05) is 12.6 Å². The lowest BCUT2D eigenvalue weighted by atomic mass is 9.77. The smallest absolute Gasteiger partial charge is 0.263 e. The largest absolute Gasteiger partial charge is 0.350 e. The summed E-state index contributed by atoms with van der Waals surface area (Å²) in [6, 6.07) is 0.351. The summed E-state index contributed by atoms with van der Waals surface area (Å²) in [4.78, 5) is 16.7. The number of nitrogens with zero attached hydrogens (tertiary/aromatic N) is 1. The van der Waals surface area contributed by atoms with E-state index >= 15 is 0 Å². The van der Waals surface area contributed by atoms with Crippen molar-refractivity contribution in [3.63, 3.8) is 0 Å². The Bertz CT molecular complexity index is 433. The summed E-state index contributed by atoms with van der Waals surface area (Å²) >= 11 is 1.44. The summed E-state index contributed by atoms with van der Waals surface area (Å²) < 4.78 is 0. The maximum atomic E-state index is 11.9. The number of nitrogens with one attached hydrogen (secondary N) is 2.